The van der Waals surface area contributed by atoms with Crippen molar-refractivity contribution in [3.63, 3.8) is 0 Å². The van der Waals surface area contributed by atoms with Crippen LogP contribution in [0, 0.1) is 0 Å². The maximum Gasteiger partial charge on any atom is 0.331 e. The van der Waals surface area contributed by atoms with Gasteiger partial charge in [0, 0.05) is 16.8 Å². The normalized spacial score (nSPS) is 12.1. The molecular weight excluding hydrogens is 362 g/mol. The van der Waals surface area contributed by atoms with Crippen molar-refractivity contribution in [2.45, 2.75) is 13.0 Å². The molecule has 0 aromatic heterocycles. The molecule has 0 bridgehead atoms. The number of benzene rings is 3. The first kappa shape index (κ1) is 18.7. The second-order valence-electron chi connectivity index (χ2n) is 5.98. The highest BCUT2D eigenvalue weighted by Gasteiger charge is 2.16. The van der Waals surface area contributed by atoms with E-state index in [9.17, 15) is 9.59 Å². The van der Waals surface area contributed by atoms with Crippen LogP contribution in [0.15, 0.2) is 72.8 Å². The first-order valence-electron chi connectivity index (χ1n) is 8.46. The van der Waals surface area contributed by atoms with E-state index >= 15 is 0 Å². The zero-order valence-electron chi connectivity index (χ0n) is 14.7. The summed E-state index contributed by atoms with van der Waals surface area (Å²) in [6.45, 7) is 1.52. The molecule has 0 fully saturated rings. The molecule has 1 unspecified atom stereocenters. The first-order chi connectivity index (χ1) is 13.0. The Morgan fingerprint density at radius 2 is 1.70 bits per heavy atom. The average molecular weight is 380 g/mol. The number of nitrogens with one attached hydrogen (secondary N) is 1. The van der Waals surface area contributed by atoms with Crippen molar-refractivity contribution in [3.05, 3.63) is 83.4 Å². The Hall–Kier alpha value is -3.11. The van der Waals surface area contributed by atoms with Crippen molar-refractivity contribution in [2.75, 3.05) is 5.32 Å². The third-order valence-corrected chi connectivity index (χ3v) is 4.25. The van der Waals surface area contributed by atoms with Gasteiger partial charge in [-0.2, -0.15) is 0 Å². The molecule has 0 aliphatic heterocycles. The van der Waals surface area contributed by atoms with Crippen LogP contribution in [0.3, 0.4) is 0 Å². The van der Waals surface area contributed by atoms with Crippen LogP contribution in [-0.4, -0.2) is 18.0 Å². The molecule has 0 spiro atoms. The highest BCUT2D eigenvalue weighted by Crippen LogP contribution is 2.19. The van der Waals surface area contributed by atoms with Gasteiger partial charge >= 0.3 is 5.97 Å². The second kappa shape index (κ2) is 8.52. The zero-order valence-corrected chi connectivity index (χ0v) is 15.4. The van der Waals surface area contributed by atoms with Crippen LogP contribution in [0.2, 0.25) is 5.02 Å². The van der Waals surface area contributed by atoms with E-state index in [0.717, 1.165) is 16.3 Å². The number of rotatable bonds is 5. The first-order valence-corrected chi connectivity index (χ1v) is 8.83. The van der Waals surface area contributed by atoms with Crippen LogP contribution in [-0.2, 0) is 14.3 Å². The highest BCUT2D eigenvalue weighted by molar-refractivity contribution is 6.30. The Balaban J connectivity index is 1.61. The standard InChI is InChI=1S/C22H18ClNO3/c1-15(22(26)24-19-12-10-18(23)11-13-19)27-21(25)14-9-17-7-4-6-16-5-2-3-8-20(16)17/h2-15H,1H3,(H,24,26)/b14-9+. The second-order valence-corrected chi connectivity index (χ2v) is 6.41. The van der Waals surface area contributed by atoms with Crippen LogP contribution in [0.1, 0.15) is 12.5 Å². The fraction of sp³-hybridized carbons (Fsp3) is 0.0909. The third kappa shape index (κ3) is 4.96. The number of esters is 1. The van der Waals surface area contributed by atoms with Crippen LogP contribution < -0.4 is 5.32 Å². The number of hydrogen-bond acceptors (Lipinski definition) is 3. The van der Waals surface area contributed by atoms with Crippen molar-refractivity contribution >= 4 is 46.0 Å². The van der Waals surface area contributed by atoms with Gasteiger partial charge in [0.15, 0.2) is 6.10 Å². The topological polar surface area (TPSA) is 55.4 Å². The minimum atomic E-state index is -0.926. The summed E-state index contributed by atoms with van der Waals surface area (Å²) in [4.78, 5) is 24.2. The molecule has 4 nitrogen and oxygen atoms in total. The lowest BCUT2D eigenvalue weighted by molar-refractivity contribution is -0.148. The summed E-state index contributed by atoms with van der Waals surface area (Å²) in [7, 11) is 0. The van der Waals surface area contributed by atoms with Gasteiger partial charge in [-0.1, -0.05) is 54.1 Å². The molecule has 0 radical (unpaired) electrons. The quantitative estimate of drug-likeness (QED) is 0.497. The number of anilines is 1. The average Bonchev–Trinajstić information content (AvgIpc) is 2.68. The SMILES string of the molecule is CC(OC(=O)/C=C/c1cccc2ccccc12)C(=O)Nc1ccc(Cl)cc1. The van der Waals surface area contributed by atoms with Crippen LogP contribution in [0.5, 0.6) is 0 Å². The molecule has 0 heterocycles. The number of carbonyl (C=O) groups is 2. The molecule has 0 aliphatic carbocycles. The van der Waals surface area contributed by atoms with E-state index in [4.69, 9.17) is 16.3 Å². The number of amides is 1. The van der Waals surface area contributed by atoms with Gasteiger partial charge in [0.1, 0.15) is 0 Å². The lowest BCUT2D eigenvalue weighted by Gasteiger charge is -2.12. The molecule has 136 valence electrons. The molecule has 1 amide bonds. The third-order valence-electron chi connectivity index (χ3n) is 4.00. The Morgan fingerprint density at radius 3 is 2.48 bits per heavy atom. The van der Waals surface area contributed by atoms with Crippen molar-refractivity contribution in [3.8, 4) is 0 Å². The van der Waals surface area contributed by atoms with E-state index in [1.807, 2.05) is 42.5 Å². The molecule has 3 aromatic rings. The van der Waals surface area contributed by atoms with Gasteiger partial charge in [-0.15, -0.1) is 0 Å². The van der Waals surface area contributed by atoms with Gasteiger partial charge in [-0.05, 0) is 53.6 Å². The van der Waals surface area contributed by atoms with Gasteiger partial charge in [0.25, 0.3) is 5.91 Å². The molecule has 1 atom stereocenters. The number of carbonyl (C=O) groups excluding carboxylic acids is 2. The number of ether oxygens (including phenoxy) is 1. The number of halogens is 1. The minimum absolute atomic E-state index is 0.413. The number of hydrogen-bond donors (Lipinski definition) is 1. The molecule has 3 aromatic carbocycles. The van der Waals surface area contributed by atoms with E-state index in [2.05, 4.69) is 5.32 Å². The minimum Gasteiger partial charge on any atom is -0.449 e. The maximum absolute atomic E-state index is 12.1. The summed E-state index contributed by atoms with van der Waals surface area (Å²) in [5, 5.41) is 5.37. The summed E-state index contributed by atoms with van der Waals surface area (Å²) in [6, 6.07) is 20.4. The fourth-order valence-corrected chi connectivity index (χ4v) is 2.72. The van der Waals surface area contributed by atoms with Crippen molar-refractivity contribution in [1.82, 2.24) is 0 Å². The molecule has 3 rings (SSSR count). The summed E-state index contributed by atoms with van der Waals surface area (Å²) in [6.07, 6.45) is 2.09. The molecular formula is C22H18ClNO3. The van der Waals surface area contributed by atoms with Crippen LogP contribution in [0.25, 0.3) is 16.8 Å². The predicted octanol–water partition coefficient (Wildman–Crippen LogP) is 5.08. The molecule has 27 heavy (non-hydrogen) atoms. The van der Waals surface area contributed by atoms with Gasteiger partial charge in [-0.3, -0.25) is 4.79 Å². The van der Waals surface area contributed by atoms with Gasteiger partial charge < -0.3 is 10.1 Å². The Morgan fingerprint density at radius 1 is 1.00 bits per heavy atom. The van der Waals surface area contributed by atoms with Crippen LogP contribution in [0.4, 0.5) is 5.69 Å². The maximum atomic E-state index is 12.1. The van der Waals surface area contributed by atoms with E-state index in [0.29, 0.717) is 10.7 Å². The monoisotopic (exact) mass is 379 g/mol. The lowest BCUT2D eigenvalue weighted by atomic mass is 10.0. The van der Waals surface area contributed by atoms with Gasteiger partial charge in [0.05, 0.1) is 0 Å². The smallest absolute Gasteiger partial charge is 0.331 e. The summed E-state index contributed by atoms with van der Waals surface area (Å²) < 4.78 is 5.18. The van der Waals surface area contributed by atoms with Crippen LogP contribution >= 0.6 is 11.6 Å². The van der Waals surface area contributed by atoms with E-state index < -0.39 is 18.0 Å². The van der Waals surface area contributed by atoms with E-state index in [1.54, 1.807) is 30.3 Å². The van der Waals surface area contributed by atoms with Gasteiger partial charge in [0.2, 0.25) is 0 Å². The molecule has 5 heteroatoms. The Kier molecular flexibility index (Phi) is 5.89. The zero-order chi connectivity index (χ0) is 19.2. The highest BCUT2D eigenvalue weighted by atomic mass is 35.5. The van der Waals surface area contributed by atoms with E-state index in [-0.39, 0.29) is 0 Å². The van der Waals surface area contributed by atoms with Crippen molar-refractivity contribution < 1.29 is 14.3 Å². The number of fused-ring (bicyclic) bond motifs is 1. The molecule has 0 saturated carbocycles. The molecule has 0 saturated heterocycles. The summed E-state index contributed by atoms with van der Waals surface area (Å²) in [5.74, 6) is -0.995. The largest absolute Gasteiger partial charge is 0.449 e. The Bertz CT molecular complexity index is 991. The van der Waals surface area contributed by atoms with E-state index in [1.165, 1.54) is 13.0 Å². The lowest BCUT2D eigenvalue weighted by Crippen LogP contribution is -2.29. The predicted molar refractivity (Wildman–Crippen MR) is 109 cm³/mol. The molecule has 0 aliphatic rings. The Labute approximate surface area is 162 Å². The summed E-state index contributed by atoms with van der Waals surface area (Å²) >= 11 is 5.81. The van der Waals surface area contributed by atoms with Gasteiger partial charge in [-0.25, -0.2) is 4.79 Å². The molecule has 1 N–H and O–H groups in total. The van der Waals surface area contributed by atoms with Crippen molar-refractivity contribution in [2.24, 2.45) is 0 Å². The summed E-state index contributed by atoms with van der Waals surface area (Å²) in [5.41, 5.74) is 1.49. The fourth-order valence-electron chi connectivity index (χ4n) is 2.60. The van der Waals surface area contributed by atoms with Crippen molar-refractivity contribution in [1.29, 1.82) is 0 Å².